The van der Waals surface area contributed by atoms with Crippen LogP contribution in [0.25, 0.3) is 71.3 Å². The molecule has 0 unspecified atom stereocenters. The highest BCUT2D eigenvalue weighted by Gasteiger charge is 2.19. The van der Waals surface area contributed by atoms with Crippen LogP contribution in [-0.2, 0) is 0 Å². The highest BCUT2D eigenvalue weighted by atomic mass is 15.1. The molecule has 0 amide bonds. The Morgan fingerprint density at radius 2 is 0.865 bits per heavy atom. The van der Waals surface area contributed by atoms with Crippen LogP contribution in [-0.4, -0.2) is 4.57 Å². The third kappa shape index (κ3) is 4.96. The number of hydrogen-bond donors (Lipinski definition) is 0. The second-order valence-electron chi connectivity index (χ2n) is 13.3. The Bertz CT molecular complexity index is 2910. The second kappa shape index (κ2) is 12.5. The van der Waals surface area contributed by atoms with Crippen LogP contribution in [0, 0.1) is 0 Å². The van der Waals surface area contributed by atoms with Crippen LogP contribution in [0.1, 0.15) is 0 Å². The molecule has 0 aliphatic rings. The summed E-state index contributed by atoms with van der Waals surface area (Å²) in [4.78, 5) is 2.42. The molecule has 244 valence electrons. The van der Waals surface area contributed by atoms with E-state index in [1.807, 2.05) is 0 Å². The molecule has 0 saturated carbocycles. The van der Waals surface area contributed by atoms with Crippen LogP contribution in [0.15, 0.2) is 206 Å². The molecular formula is C50H34N2. The third-order valence-electron chi connectivity index (χ3n) is 10.3. The largest absolute Gasteiger partial charge is 0.310 e. The smallest absolute Gasteiger partial charge is 0.0547 e. The summed E-state index contributed by atoms with van der Waals surface area (Å²) in [7, 11) is 0. The van der Waals surface area contributed by atoms with Crippen molar-refractivity contribution in [2.45, 2.75) is 0 Å². The fourth-order valence-electron chi connectivity index (χ4n) is 8.05. The Labute approximate surface area is 303 Å². The molecule has 0 bridgehead atoms. The Hall–Kier alpha value is -6.90. The van der Waals surface area contributed by atoms with Crippen LogP contribution >= 0.6 is 0 Å². The van der Waals surface area contributed by atoms with E-state index in [0.29, 0.717) is 0 Å². The summed E-state index contributed by atoms with van der Waals surface area (Å²) in [6.07, 6.45) is 0. The number of rotatable bonds is 6. The second-order valence-corrected chi connectivity index (χ2v) is 13.3. The fourth-order valence-corrected chi connectivity index (χ4v) is 8.05. The number of para-hydroxylation sites is 2. The van der Waals surface area contributed by atoms with Crippen molar-refractivity contribution in [3.63, 3.8) is 0 Å². The molecule has 9 aromatic carbocycles. The zero-order chi connectivity index (χ0) is 34.4. The molecule has 0 radical (unpaired) electrons. The lowest BCUT2D eigenvalue weighted by molar-refractivity contribution is 1.18. The highest BCUT2D eigenvalue weighted by molar-refractivity contribution is 6.16. The Balaban J connectivity index is 1.19. The quantitative estimate of drug-likeness (QED) is 0.172. The molecule has 0 aliphatic heterocycles. The minimum absolute atomic E-state index is 1.10. The van der Waals surface area contributed by atoms with E-state index in [2.05, 4.69) is 216 Å². The van der Waals surface area contributed by atoms with Crippen LogP contribution in [0.3, 0.4) is 0 Å². The monoisotopic (exact) mass is 662 g/mol. The molecule has 2 heteroatoms. The predicted octanol–water partition coefficient (Wildman–Crippen LogP) is 13.9. The number of hydrogen-bond acceptors (Lipinski definition) is 1. The molecule has 0 N–H and O–H groups in total. The van der Waals surface area contributed by atoms with Gasteiger partial charge in [-0.2, -0.15) is 0 Å². The minimum atomic E-state index is 1.10. The van der Waals surface area contributed by atoms with Crippen molar-refractivity contribution in [1.29, 1.82) is 0 Å². The Morgan fingerprint density at radius 1 is 0.346 bits per heavy atom. The first-order valence-corrected chi connectivity index (χ1v) is 17.9. The van der Waals surface area contributed by atoms with E-state index in [0.717, 1.165) is 22.7 Å². The number of anilines is 3. The van der Waals surface area contributed by atoms with Crippen molar-refractivity contribution in [3.05, 3.63) is 206 Å². The molecule has 0 spiro atoms. The SMILES string of the molecule is c1ccc(-n2c3ccccc3c3c(-c4cccc(N(c5cccc(-c6cccc7ccccc67)c5)c5cccc6ccccc56)c4)cccc32)cc1. The predicted molar refractivity (Wildman–Crippen MR) is 221 cm³/mol. The van der Waals surface area contributed by atoms with Crippen LogP contribution in [0.4, 0.5) is 17.1 Å². The zero-order valence-electron chi connectivity index (χ0n) is 28.5. The van der Waals surface area contributed by atoms with Gasteiger partial charge in [-0.25, -0.2) is 0 Å². The summed E-state index contributed by atoms with van der Waals surface area (Å²) in [5, 5.41) is 7.42. The van der Waals surface area contributed by atoms with Crippen LogP contribution in [0.2, 0.25) is 0 Å². The van der Waals surface area contributed by atoms with Gasteiger partial charge in [0.25, 0.3) is 0 Å². The van der Waals surface area contributed by atoms with Crippen molar-refractivity contribution in [2.24, 2.45) is 0 Å². The van der Waals surface area contributed by atoms with Gasteiger partial charge in [-0.05, 0) is 93.0 Å². The third-order valence-corrected chi connectivity index (χ3v) is 10.3. The van der Waals surface area contributed by atoms with E-state index in [1.165, 1.54) is 65.6 Å². The first kappa shape index (κ1) is 30.0. The normalized spacial score (nSPS) is 11.5. The maximum Gasteiger partial charge on any atom is 0.0547 e. The van der Waals surface area contributed by atoms with Gasteiger partial charge in [0.15, 0.2) is 0 Å². The highest BCUT2D eigenvalue weighted by Crippen LogP contribution is 2.44. The van der Waals surface area contributed by atoms with Gasteiger partial charge in [-0.1, -0.05) is 152 Å². The minimum Gasteiger partial charge on any atom is -0.310 e. The van der Waals surface area contributed by atoms with E-state index in [9.17, 15) is 0 Å². The summed E-state index contributed by atoms with van der Waals surface area (Å²) < 4.78 is 2.39. The topological polar surface area (TPSA) is 8.17 Å². The summed E-state index contributed by atoms with van der Waals surface area (Å²) in [6.45, 7) is 0. The van der Waals surface area contributed by atoms with Gasteiger partial charge in [-0.15, -0.1) is 0 Å². The molecule has 10 rings (SSSR count). The number of nitrogens with zero attached hydrogens (tertiary/aromatic N) is 2. The van der Waals surface area contributed by atoms with Crippen LogP contribution in [0.5, 0.6) is 0 Å². The molecule has 10 aromatic rings. The van der Waals surface area contributed by atoms with E-state index in [1.54, 1.807) is 0 Å². The summed E-state index contributed by atoms with van der Waals surface area (Å²) in [6, 6.07) is 74.7. The summed E-state index contributed by atoms with van der Waals surface area (Å²) >= 11 is 0. The standard InChI is InChI=1S/C50H34N2/c1-2-21-39(22-3-1)52-48-30-9-8-27-46(48)50-45(29-14-32-49(50)52)38-20-11-24-41(34-38)51(47-31-13-18-36-16-5-7-26-44(36)47)40-23-10-19-37(33-40)43-28-12-17-35-15-4-6-25-42(35)43/h1-34H. The number of aromatic nitrogens is 1. The lowest BCUT2D eigenvalue weighted by Crippen LogP contribution is -2.10. The molecule has 0 fully saturated rings. The van der Waals surface area contributed by atoms with Gasteiger partial charge in [0, 0.05) is 33.2 Å². The van der Waals surface area contributed by atoms with Gasteiger partial charge in [0.1, 0.15) is 0 Å². The number of fused-ring (bicyclic) bond motifs is 5. The van der Waals surface area contributed by atoms with Crippen molar-refractivity contribution in [1.82, 2.24) is 4.57 Å². The summed E-state index contributed by atoms with van der Waals surface area (Å²) in [5.74, 6) is 0. The lowest BCUT2D eigenvalue weighted by Gasteiger charge is -2.28. The fraction of sp³-hybridized carbons (Fsp3) is 0. The Kier molecular flexibility index (Phi) is 7.18. The average molecular weight is 663 g/mol. The first-order valence-electron chi connectivity index (χ1n) is 17.9. The van der Waals surface area contributed by atoms with Crippen molar-refractivity contribution >= 4 is 60.4 Å². The molecule has 1 heterocycles. The van der Waals surface area contributed by atoms with Crippen molar-refractivity contribution in [2.75, 3.05) is 4.90 Å². The van der Waals surface area contributed by atoms with Gasteiger partial charge >= 0.3 is 0 Å². The maximum absolute atomic E-state index is 2.42. The van der Waals surface area contributed by atoms with Crippen molar-refractivity contribution < 1.29 is 0 Å². The van der Waals surface area contributed by atoms with E-state index in [4.69, 9.17) is 0 Å². The van der Waals surface area contributed by atoms with Gasteiger partial charge < -0.3 is 9.47 Å². The molecule has 2 nitrogen and oxygen atoms in total. The molecule has 52 heavy (non-hydrogen) atoms. The lowest BCUT2D eigenvalue weighted by atomic mass is 9.97. The van der Waals surface area contributed by atoms with E-state index < -0.39 is 0 Å². The molecule has 0 saturated heterocycles. The molecule has 0 atom stereocenters. The van der Waals surface area contributed by atoms with E-state index in [-0.39, 0.29) is 0 Å². The van der Waals surface area contributed by atoms with E-state index >= 15 is 0 Å². The molecular weight excluding hydrogens is 629 g/mol. The average Bonchev–Trinajstić information content (AvgIpc) is 3.56. The van der Waals surface area contributed by atoms with Gasteiger partial charge in [0.05, 0.1) is 16.7 Å². The molecule has 1 aromatic heterocycles. The van der Waals surface area contributed by atoms with Gasteiger partial charge in [-0.3, -0.25) is 0 Å². The van der Waals surface area contributed by atoms with Crippen molar-refractivity contribution in [3.8, 4) is 27.9 Å². The Morgan fingerprint density at radius 3 is 1.63 bits per heavy atom. The maximum atomic E-state index is 2.42. The summed E-state index contributed by atoms with van der Waals surface area (Å²) in [5.41, 5.74) is 11.7. The first-order chi connectivity index (χ1) is 25.8. The van der Waals surface area contributed by atoms with Gasteiger partial charge in [0.2, 0.25) is 0 Å². The number of benzene rings is 9. The zero-order valence-corrected chi connectivity index (χ0v) is 28.5. The molecule has 0 aliphatic carbocycles. The van der Waals surface area contributed by atoms with Crippen LogP contribution < -0.4 is 4.90 Å².